The quantitative estimate of drug-likeness (QED) is 0.223. The van der Waals surface area contributed by atoms with Crippen molar-refractivity contribution in [1.82, 2.24) is 0 Å². The molecule has 220 valence electrons. The Morgan fingerprint density at radius 2 is 1.32 bits per heavy atom. The highest BCUT2D eigenvalue weighted by atomic mass is 79.9. The summed E-state index contributed by atoms with van der Waals surface area (Å²) in [5.74, 6) is 0.430. The van der Waals surface area contributed by atoms with E-state index < -0.39 is 22.2 Å². The number of alkyl halides is 2. The molecule has 3 aliphatic carbocycles. The zero-order valence-electron chi connectivity index (χ0n) is 26.7. The Kier molecular flexibility index (Phi) is 8.92. The highest BCUT2D eigenvalue weighted by Crippen LogP contribution is 2.65. The molecule has 0 saturated heterocycles. The van der Waals surface area contributed by atoms with E-state index in [1.807, 2.05) is 0 Å². The zero-order chi connectivity index (χ0) is 29.5. The lowest BCUT2D eigenvalue weighted by molar-refractivity contribution is -0.0384. The Morgan fingerprint density at radius 3 is 1.74 bits per heavy atom. The van der Waals surface area contributed by atoms with Gasteiger partial charge >= 0.3 is 0 Å². The predicted octanol–water partition coefficient (Wildman–Crippen LogP) is 10.1. The van der Waals surface area contributed by atoms with Crippen LogP contribution >= 0.6 is 31.9 Å². The Bertz CT molecular complexity index is 988. The molecule has 0 aromatic rings. The van der Waals surface area contributed by atoms with Crippen LogP contribution in [0.3, 0.4) is 0 Å². The van der Waals surface area contributed by atoms with Crippen LogP contribution in [0.2, 0.25) is 36.3 Å². The van der Waals surface area contributed by atoms with Crippen molar-refractivity contribution in [3.05, 3.63) is 22.8 Å². The van der Waals surface area contributed by atoms with Crippen LogP contribution in [0.1, 0.15) is 94.9 Å². The monoisotopic (exact) mass is 690 g/mol. The molecule has 0 spiro atoms. The minimum absolute atomic E-state index is 0.0446. The second kappa shape index (κ2) is 10.2. The molecular formula is C31H56Br2O3Si2. The predicted molar refractivity (Wildman–Crippen MR) is 175 cm³/mol. The van der Waals surface area contributed by atoms with Gasteiger partial charge < -0.3 is 14.0 Å². The van der Waals surface area contributed by atoms with Gasteiger partial charge in [0.25, 0.3) is 0 Å². The molecule has 0 radical (unpaired) electrons. The van der Waals surface area contributed by atoms with Crippen molar-refractivity contribution in [3.8, 4) is 0 Å². The highest BCUT2D eigenvalue weighted by Gasteiger charge is 2.61. The lowest BCUT2D eigenvalue weighted by Gasteiger charge is -2.57. The molecule has 1 unspecified atom stereocenters. The van der Waals surface area contributed by atoms with Crippen molar-refractivity contribution in [3.63, 3.8) is 0 Å². The minimum atomic E-state index is -2.07. The molecule has 7 heteroatoms. The van der Waals surface area contributed by atoms with Gasteiger partial charge in [-0.15, -0.1) is 0 Å². The van der Waals surface area contributed by atoms with Crippen molar-refractivity contribution >= 4 is 48.5 Å². The molecule has 0 aromatic heterocycles. The molecule has 0 aromatic carbocycles. The number of halogens is 2. The second-order valence-electron chi connectivity index (χ2n) is 16.4. The van der Waals surface area contributed by atoms with Crippen molar-refractivity contribution in [1.29, 1.82) is 0 Å². The number of hydrogen-bond donors (Lipinski definition) is 1. The molecule has 0 aliphatic heterocycles. The molecule has 38 heavy (non-hydrogen) atoms. The normalized spacial score (nSPS) is 35.1. The standard InChI is InChI=1S/C31H56Br2O3Si2/c1-20(2)21-17-23(35-37(11,12)27(3,4)5)30(10)16-15-29(9)22(25(21)30)18-31(34,26(32)33)19-24(29)36-38(13,14)28(6,7)8/h18,20,23-24,26,34H,15-17,19H2,1-14H3/t23-,24+,29-,30+,31?/m1/s1. The molecule has 5 atom stereocenters. The molecule has 3 rings (SSSR count). The average molecular weight is 693 g/mol. The maximum atomic E-state index is 12.1. The van der Waals surface area contributed by atoms with Crippen molar-refractivity contribution in [2.24, 2.45) is 16.7 Å². The van der Waals surface area contributed by atoms with E-state index >= 15 is 0 Å². The first-order valence-electron chi connectivity index (χ1n) is 14.7. The smallest absolute Gasteiger partial charge is 0.192 e. The Morgan fingerprint density at radius 1 is 0.868 bits per heavy atom. The first-order chi connectivity index (χ1) is 16.8. The lowest BCUT2D eigenvalue weighted by Crippen LogP contribution is -2.58. The van der Waals surface area contributed by atoms with Gasteiger partial charge in [0.15, 0.2) is 16.6 Å². The van der Waals surface area contributed by atoms with E-state index in [2.05, 4.69) is 133 Å². The fraction of sp³-hybridized carbons (Fsp3) is 0.871. The molecule has 0 bridgehead atoms. The lowest BCUT2D eigenvalue weighted by atomic mass is 9.54. The maximum Gasteiger partial charge on any atom is 0.192 e. The van der Waals surface area contributed by atoms with Crippen LogP contribution in [0, 0.1) is 16.7 Å². The average Bonchev–Trinajstić information content (AvgIpc) is 3.00. The maximum absolute atomic E-state index is 12.1. The van der Waals surface area contributed by atoms with E-state index in [0.717, 1.165) is 19.3 Å². The first kappa shape index (κ1) is 33.3. The first-order valence-corrected chi connectivity index (χ1v) is 22.3. The van der Waals surface area contributed by atoms with E-state index in [0.29, 0.717) is 12.3 Å². The molecule has 1 fully saturated rings. The fourth-order valence-corrected chi connectivity index (χ4v) is 9.70. The summed E-state index contributed by atoms with van der Waals surface area (Å²) in [7, 11) is -4.04. The third kappa shape index (κ3) is 5.58. The van der Waals surface area contributed by atoms with Crippen LogP contribution in [0.4, 0.5) is 0 Å². The summed E-state index contributed by atoms with van der Waals surface area (Å²) in [5, 5.41) is 12.3. The highest BCUT2D eigenvalue weighted by molar-refractivity contribution is 9.24. The van der Waals surface area contributed by atoms with Gasteiger partial charge in [0, 0.05) is 17.3 Å². The van der Waals surface area contributed by atoms with Crippen molar-refractivity contribution in [2.75, 3.05) is 0 Å². The van der Waals surface area contributed by atoms with Crippen molar-refractivity contribution < 1.29 is 14.0 Å². The van der Waals surface area contributed by atoms with E-state index in [1.165, 1.54) is 16.7 Å². The van der Waals surface area contributed by atoms with Gasteiger partial charge in [-0.05, 0) is 78.7 Å². The summed E-state index contributed by atoms with van der Waals surface area (Å²) >= 11 is 7.44. The molecule has 1 saturated carbocycles. The SMILES string of the molecule is CC(C)C1=C2C3=CC(O)(C(Br)Br)C[C@H](O[Si](C)(C)C(C)(C)C)[C@]3(C)CC[C@@]2(C)[C@H](O[Si](C)(C)C(C)(C)C)C1. The molecule has 0 amide bonds. The second-order valence-corrected chi connectivity index (χ2v) is 29.0. The van der Waals surface area contributed by atoms with Gasteiger partial charge in [-0.1, -0.05) is 107 Å². The van der Waals surface area contributed by atoms with Gasteiger partial charge in [0.1, 0.15) is 9.34 Å². The van der Waals surface area contributed by atoms with Crippen LogP contribution < -0.4 is 0 Å². The molecule has 0 heterocycles. The summed E-state index contributed by atoms with van der Waals surface area (Å²) in [4.78, 5) is 0. The van der Waals surface area contributed by atoms with Crippen LogP contribution in [0.5, 0.6) is 0 Å². The van der Waals surface area contributed by atoms with E-state index in [1.54, 1.807) is 0 Å². The molecule has 1 N–H and O–H groups in total. The van der Waals surface area contributed by atoms with Crippen LogP contribution in [-0.2, 0) is 8.85 Å². The molecule has 3 nitrogen and oxygen atoms in total. The molecular weight excluding hydrogens is 636 g/mol. The van der Waals surface area contributed by atoms with Gasteiger partial charge in [0.05, 0.1) is 12.2 Å². The van der Waals surface area contributed by atoms with E-state index in [-0.39, 0.29) is 36.9 Å². The topological polar surface area (TPSA) is 38.7 Å². The number of rotatable bonds is 6. The van der Waals surface area contributed by atoms with Crippen LogP contribution in [0.25, 0.3) is 0 Å². The van der Waals surface area contributed by atoms with Gasteiger partial charge in [-0.2, -0.15) is 0 Å². The van der Waals surface area contributed by atoms with Gasteiger partial charge in [-0.25, -0.2) is 0 Å². The zero-order valence-corrected chi connectivity index (χ0v) is 31.9. The third-order valence-corrected chi connectivity index (χ3v) is 21.8. The summed E-state index contributed by atoms with van der Waals surface area (Å²) in [6.45, 7) is 32.9. The number of fused-ring (bicyclic) bond motifs is 3. The Hall–Kier alpha value is 0.754. The molecule has 3 aliphatic rings. The number of hydrogen-bond acceptors (Lipinski definition) is 3. The van der Waals surface area contributed by atoms with E-state index in [4.69, 9.17) is 8.85 Å². The van der Waals surface area contributed by atoms with Gasteiger partial charge in [0.2, 0.25) is 0 Å². The minimum Gasteiger partial charge on any atom is -0.413 e. The Labute approximate surface area is 253 Å². The third-order valence-electron chi connectivity index (χ3n) is 11.2. The van der Waals surface area contributed by atoms with Crippen LogP contribution in [0.15, 0.2) is 22.8 Å². The van der Waals surface area contributed by atoms with Gasteiger partial charge in [-0.3, -0.25) is 0 Å². The summed E-state index contributed by atoms with van der Waals surface area (Å²) in [6, 6.07) is 0. The van der Waals surface area contributed by atoms with E-state index in [9.17, 15) is 5.11 Å². The largest absolute Gasteiger partial charge is 0.413 e. The summed E-state index contributed by atoms with van der Waals surface area (Å²) in [5.41, 5.74) is 3.06. The van der Waals surface area contributed by atoms with Crippen molar-refractivity contribution in [2.45, 2.75) is 153 Å². The summed E-state index contributed by atoms with van der Waals surface area (Å²) < 4.78 is 14.2. The van der Waals surface area contributed by atoms with Crippen LogP contribution in [-0.4, -0.2) is 43.3 Å². The fourth-order valence-electron chi connectivity index (χ4n) is 6.25. The Balaban J connectivity index is 2.19. The number of aliphatic hydroxyl groups is 1. The summed E-state index contributed by atoms with van der Waals surface area (Å²) in [6.07, 6.45) is 6.06.